The minimum atomic E-state index is -0.189. The van der Waals surface area contributed by atoms with Gasteiger partial charge in [-0.3, -0.25) is 14.2 Å². The second-order valence-electron chi connectivity index (χ2n) is 7.58. The van der Waals surface area contributed by atoms with Gasteiger partial charge in [-0.15, -0.1) is 0 Å². The van der Waals surface area contributed by atoms with Crippen molar-refractivity contribution in [1.29, 1.82) is 0 Å². The molecule has 2 aromatic carbocycles. The molecule has 0 aliphatic heterocycles. The summed E-state index contributed by atoms with van der Waals surface area (Å²) in [4.78, 5) is 30.3. The Morgan fingerprint density at radius 3 is 2.69 bits per heavy atom. The molecule has 1 amide bonds. The number of amides is 1. The monoisotopic (exact) mass is 473 g/mol. The number of nitrogens with zero attached hydrogens (tertiary/aromatic N) is 2. The van der Waals surface area contributed by atoms with Gasteiger partial charge < -0.3 is 10.1 Å². The van der Waals surface area contributed by atoms with Gasteiger partial charge in [0.1, 0.15) is 0 Å². The molecule has 0 fully saturated rings. The van der Waals surface area contributed by atoms with Crippen LogP contribution in [0.15, 0.2) is 52.4 Å². The number of carbonyl (C=O) groups excluding carboxylic acids is 1. The standard InChI is InChI=1S/C24H28ClN3O3S/c1-4-16(2)17-6-9-19(10-7-17)28-23(30)20-11-8-18(25)14-21(20)27-24(28)32-15-22(29)26-12-5-13-31-3/h6-11,14,16H,4-5,12-13,15H2,1-3H3,(H,26,29). The van der Waals surface area contributed by atoms with Crippen molar-refractivity contribution in [3.05, 3.63) is 63.4 Å². The Hall–Kier alpha value is -2.35. The average molecular weight is 474 g/mol. The van der Waals surface area contributed by atoms with Gasteiger partial charge in [-0.1, -0.05) is 49.3 Å². The fourth-order valence-electron chi connectivity index (χ4n) is 3.28. The predicted octanol–water partition coefficient (Wildman–Crippen LogP) is 4.80. The number of methoxy groups -OCH3 is 1. The SMILES string of the molecule is CCC(C)c1ccc(-n2c(SCC(=O)NCCCOC)nc3cc(Cl)ccc3c2=O)cc1. The average Bonchev–Trinajstić information content (AvgIpc) is 2.80. The molecule has 3 rings (SSSR count). The van der Waals surface area contributed by atoms with E-state index in [9.17, 15) is 9.59 Å². The normalized spacial score (nSPS) is 12.1. The zero-order valence-corrected chi connectivity index (χ0v) is 20.1. The number of ether oxygens (including phenoxy) is 1. The predicted molar refractivity (Wildman–Crippen MR) is 131 cm³/mol. The van der Waals surface area contributed by atoms with Crippen LogP contribution in [-0.4, -0.2) is 41.5 Å². The van der Waals surface area contributed by atoms with Crippen LogP contribution in [0.5, 0.6) is 0 Å². The summed E-state index contributed by atoms with van der Waals surface area (Å²) in [5.41, 5.74) is 2.26. The molecule has 0 radical (unpaired) electrons. The number of fused-ring (bicyclic) bond motifs is 1. The molecule has 0 aliphatic carbocycles. The Bertz CT molecular complexity index is 1130. The number of halogens is 1. The van der Waals surface area contributed by atoms with Crippen LogP contribution in [0.3, 0.4) is 0 Å². The summed E-state index contributed by atoms with van der Waals surface area (Å²) >= 11 is 7.35. The van der Waals surface area contributed by atoms with Gasteiger partial charge in [-0.05, 0) is 54.7 Å². The van der Waals surface area contributed by atoms with Crippen molar-refractivity contribution in [2.45, 2.75) is 37.8 Å². The van der Waals surface area contributed by atoms with E-state index in [1.807, 2.05) is 24.3 Å². The molecule has 1 atom stereocenters. The van der Waals surface area contributed by atoms with Crippen molar-refractivity contribution in [1.82, 2.24) is 14.9 Å². The molecule has 6 nitrogen and oxygen atoms in total. The highest BCUT2D eigenvalue weighted by atomic mass is 35.5. The number of hydrogen-bond donors (Lipinski definition) is 1. The van der Waals surface area contributed by atoms with Crippen LogP contribution in [0.25, 0.3) is 16.6 Å². The van der Waals surface area contributed by atoms with E-state index in [2.05, 4.69) is 24.1 Å². The summed E-state index contributed by atoms with van der Waals surface area (Å²) in [5.74, 6) is 0.467. The molecular formula is C24H28ClN3O3S. The molecule has 8 heteroatoms. The van der Waals surface area contributed by atoms with Gasteiger partial charge in [0.05, 0.1) is 22.3 Å². The van der Waals surface area contributed by atoms with Crippen LogP contribution < -0.4 is 10.9 Å². The van der Waals surface area contributed by atoms with Gasteiger partial charge in [-0.2, -0.15) is 0 Å². The van der Waals surface area contributed by atoms with Crippen LogP contribution in [0, 0.1) is 0 Å². The van der Waals surface area contributed by atoms with Crippen molar-refractivity contribution < 1.29 is 9.53 Å². The van der Waals surface area contributed by atoms with E-state index in [1.54, 1.807) is 29.9 Å². The topological polar surface area (TPSA) is 73.2 Å². The summed E-state index contributed by atoms with van der Waals surface area (Å²) in [6, 6.07) is 13.0. The summed E-state index contributed by atoms with van der Waals surface area (Å²) in [5, 5.41) is 4.30. The first-order chi connectivity index (χ1) is 15.4. The molecule has 32 heavy (non-hydrogen) atoms. The molecule has 1 heterocycles. The van der Waals surface area contributed by atoms with E-state index in [0.29, 0.717) is 40.2 Å². The lowest BCUT2D eigenvalue weighted by Crippen LogP contribution is -2.28. The lowest BCUT2D eigenvalue weighted by molar-refractivity contribution is -0.118. The van der Waals surface area contributed by atoms with E-state index in [-0.39, 0.29) is 17.2 Å². The zero-order valence-electron chi connectivity index (χ0n) is 18.6. The molecule has 0 spiro atoms. The maximum atomic E-state index is 13.4. The second kappa shape index (κ2) is 11.5. The first-order valence-corrected chi connectivity index (χ1v) is 12.0. The number of hydrogen-bond acceptors (Lipinski definition) is 5. The van der Waals surface area contributed by atoms with Crippen LogP contribution in [0.1, 0.15) is 38.2 Å². The van der Waals surface area contributed by atoms with Gasteiger partial charge >= 0.3 is 0 Å². The molecule has 1 unspecified atom stereocenters. The van der Waals surface area contributed by atoms with Gasteiger partial charge in [0.2, 0.25) is 5.91 Å². The van der Waals surface area contributed by atoms with Crippen LogP contribution in [0.2, 0.25) is 5.02 Å². The summed E-state index contributed by atoms with van der Waals surface area (Å²) in [7, 11) is 1.63. The number of benzene rings is 2. The van der Waals surface area contributed by atoms with Gasteiger partial charge in [-0.25, -0.2) is 4.98 Å². The van der Waals surface area contributed by atoms with Gasteiger partial charge in [0.15, 0.2) is 5.16 Å². The second-order valence-corrected chi connectivity index (χ2v) is 8.96. The maximum Gasteiger partial charge on any atom is 0.266 e. The lowest BCUT2D eigenvalue weighted by atomic mass is 9.98. The molecular weight excluding hydrogens is 446 g/mol. The molecule has 1 N–H and O–H groups in total. The highest BCUT2D eigenvalue weighted by molar-refractivity contribution is 7.99. The fourth-order valence-corrected chi connectivity index (χ4v) is 4.29. The molecule has 1 aromatic heterocycles. The van der Waals surface area contributed by atoms with E-state index in [4.69, 9.17) is 16.3 Å². The first kappa shape index (κ1) is 24.3. The molecule has 0 saturated heterocycles. The van der Waals surface area contributed by atoms with Crippen molar-refractivity contribution in [2.24, 2.45) is 0 Å². The molecule has 0 bridgehead atoms. The van der Waals surface area contributed by atoms with Crippen LogP contribution in [-0.2, 0) is 9.53 Å². The third kappa shape index (κ3) is 5.91. The number of carbonyl (C=O) groups is 1. The zero-order chi connectivity index (χ0) is 23.1. The smallest absolute Gasteiger partial charge is 0.266 e. The fraction of sp³-hybridized carbons (Fsp3) is 0.375. The van der Waals surface area contributed by atoms with Gasteiger partial charge in [0, 0.05) is 25.3 Å². The minimum absolute atomic E-state index is 0.120. The third-order valence-electron chi connectivity index (χ3n) is 5.31. The molecule has 170 valence electrons. The van der Waals surface area contributed by atoms with Crippen molar-refractivity contribution in [2.75, 3.05) is 26.0 Å². The summed E-state index contributed by atoms with van der Waals surface area (Å²) in [6.45, 7) is 5.45. The Kier molecular flexibility index (Phi) is 8.73. The van der Waals surface area contributed by atoms with E-state index < -0.39 is 0 Å². The molecule has 0 aliphatic rings. The first-order valence-electron chi connectivity index (χ1n) is 10.7. The van der Waals surface area contributed by atoms with Gasteiger partial charge in [0.25, 0.3) is 5.56 Å². The number of aromatic nitrogens is 2. The number of rotatable bonds is 10. The lowest BCUT2D eigenvalue weighted by Gasteiger charge is -2.15. The van der Waals surface area contributed by atoms with E-state index in [0.717, 1.165) is 18.5 Å². The highest BCUT2D eigenvalue weighted by Gasteiger charge is 2.16. The molecule has 0 saturated carbocycles. The minimum Gasteiger partial charge on any atom is -0.385 e. The Labute approximate surface area is 197 Å². The maximum absolute atomic E-state index is 13.4. The Morgan fingerprint density at radius 2 is 2.00 bits per heavy atom. The van der Waals surface area contributed by atoms with Crippen LogP contribution in [0.4, 0.5) is 0 Å². The highest BCUT2D eigenvalue weighted by Crippen LogP contribution is 2.25. The number of thioether (sulfide) groups is 1. The number of nitrogens with one attached hydrogen (secondary N) is 1. The van der Waals surface area contributed by atoms with E-state index in [1.165, 1.54) is 17.3 Å². The summed E-state index contributed by atoms with van der Waals surface area (Å²) < 4.78 is 6.57. The van der Waals surface area contributed by atoms with Crippen molar-refractivity contribution in [3.63, 3.8) is 0 Å². The third-order valence-corrected chi connectivity index (χ3v) is 6.49. The summed E-state index contributed by atoms with van der Waals surface area (Å²) in [6.07, 6.45) is 1.78. The Morgan fingerprint density at radius 1 is 1.25 bits per heavy atom. The molecule has 3 aromatic rings. The quantitative estimate of drug-likeness (QED) is 0.260. The van der Waals surface area contributed by atoms with E-state index >= 15 is 0 Å². The van der Waals surface area contributed by atoms with Crippen LogP contribution >= 0.6 is 23.4 Å². The Balaban J connectivity index is 1.94. The largest absolute Gasteiger partial charge is 0.385 e. The van der Waals surface area contributed by atoms with Crippen molar-refractivity contribution >= 4 is 40.2 Å². The van der Waals surface area contributed by atoms with Crippen molar-refractivity contribution in [3.8, 4) is 5.69 Å².